The molecule has 0 amide bonds. The van der Waals surface area contributed by atoms with Crippen molar-refractivity contribution in [2.45, 2.75) is 11.8 Å². The fourth-order valence-corrected chi connectivity index (χ4v) is 4.51. The first kappa shape index (κ1) is 25.7. The van der Waals surface area contributed by atoms with Crippen molar-refractivity contribution >= 4 is 33.2 Å². The monoisotopic (exact) mass is 539 g/mol. The number of para-hydroxylation sites is 1. The average molecular weight is 540 g/mol. The smallest absolute Gasteiger partial charge is 0.240 e. The molecule has 39 heavy (non-hydrogen) atoms. The topological polar surface area (TPSA) is 139 Å². The molecular formula is C27H25N9O2S. The molecule has 0 unspecified atom stereocenters. The number of nitrogens with one attached hydrogen (secondary N) is 3. The summed E-state index contributed by atoms with van der Waals surface area (Å²) < 4.78 is 28.0. The van der Waals surface area contributed by atoms with Crippen LogP contribution in [0.25, 0.3) is 16.9 Å². The number of aromatic nitrogens is 5. The molecule has 0 aliphatic carbocycles. The Kier molecular flexibility index (Phi) is 7.39. The van der Waals surface area contributed by atoms with Crippen molar-refractivity contribution in [2.75, 3.05) is 17.8 Å². The molecule has 0 radical (unpaired) electrons. The molecule has 0 aliphatic rings. The quantitative estimate of drug-likeness (QED) is 0.187. The fraction of sp³-hybridized carbons (Fsp3) is 0.0741. The van der Waals surface area contributed by atoms with E-state index in [1.807, 2.05) is 67.6 Å². The molecule has 5 rings (SSSR count). The number of anilines is 3. The van der Waals surface area contributed by atoms with E-state index >= 15 is 0 Å². The predicted octanol–water partition coefficient (Wildman–Crippen LogP) is 4.21. The zero-order valence-electron chi connectivity index (χ0n) is 21.1. The van der Waals surface area contributed by atoms with Crippen LogP contribution in [0.4, 0.5) is 17.5 Å². The molecule has 0 atom stereocenters. The molecule has 3 N–H and O–H groups in total. The van der Waals surface area contributed by atoms with Gasteiger partial charge in [0.2, 0.25) is 16.0 Å². The van der Waals surface area contributed by atoms with Crippen molar-refractivity contribution in [2.24, 2.45) is 5.10 Å². The van der Waals surface area contributed by atoms with Crippen molar-refractivity contribution in [3.8, 4) is 16.9 Å². The molecule has 0 bridgehead atoms. The van der Waals surface area contributed by atoms with Crippen LogP contribution in [-0.2, 0) is 10.0 Å². The summed E-state index contributed by atoms with van der Waals surface area (Å²) >= 11 is 0. The lowest BCUT2D eigenvalue weighted by Gasteiger charge is -2.16. The number of hydrogen-bond donors (Lipinski definition) is 3. The molecule has 0 spiro atoms. The average Bonchev–Trinajstić information content (AvgIpc) is 3.52. The van der Waals surface area contributed by atoms with Crippen molar-refractivity contribution in [3.05, 3.63) is 103 Å². The van der Waals surface area contributed by atoms with Crippen LogP contribution in [0.2, 0.25) is 0 Å². The van der Waals surface area contributed by atoms with E-state index in [0.29, 0.717) is 28.9 Å². The minimum atomic E-state index is -3.53. The van der Waals surface area contributed by atoms with Crippen LogP contribution < -0.4 is 15.5 Å². The van der Waals surface area contributed by atoms with Gasteiger partial charge in [-0.05, 0) is 49.4 Å². The molecular weight excluding hydrogens is 514 g/mol. The van der Waals surface area contributed by atoms with Crippen LogP contribution in [0.3, 0.4) is 0 Å². The highest BCUT2D eigenvalue weighted by molar-refractivity contribution is 7.89. The maximum absolute atomic E-state index is 12.1. The second kappa shape index (κ2) is 11.2. The van der Waals surface area contributed by atoms with Crippen molar-refractivity contribution in [1.29, 1.82) is 0 Å². The van der Waals surface area contributed by atoms with E-state index in [0.717, 1.165) is 16.8 Å². The van der Waals surface area contributed by atoms with E-state index in [9.17, 15) is 8.42 Å². The van der Waals surface area contributed by atoms with Crippen LogP contribution in [0.5, 0.6) is 0 Å². The summed E-state index contributed by atoms with van der Waals surface area (Å²) in [6, 6.07) is 25.7. The lowest BCUT2D eigenvalue weighted by atomic mass is 10.1. The zero-order valence-corrected chi connectivity index (χ0v) is 22.0. The van der Waals surface area contributed by atoms with E-state index in [2.05, 4.69) is 30.6 Å². The molecule has 0 saturated carbocycles. The normalized spacial score (nSPS) is 11.8. The third kappa shape index (κ3) is 5.81. The predicted molar refractivity (Wildman–Crippen MR) is 151 cm³/mol. The number of hydrazone groups is 1. The molecule has 5 aromatic rings. The molecule has 11 nitrogen and oxygen atoms in total. The Morgan fingerprint density at radius 1 is 0.897 bits per heavy atom. The minimum Gasteiger partial charge on any atom is -0.324 e. The highest BCUT2D eigenvalue weighted by Gasteiger charge is 2.19. The largest absolute Gasteiger partial charge is 0.324 e. The van der Waals surface area contributed by atoms with Crippen molar-refractivity contribution < 1.29 is 8.42 Å². The van der Waals surface area contributed by atoms with Gasteiger partial charge in [0.1, 0.15) is 12.7 Å². The zero-order chi connectivity index (χ0) is 27.2. The van der Waals surface area contributed by atoms with E-state index in [1.165, 1.54) is 25.5 Å². The summed E-state index contributed by atoms with van der Waals surface area (Å²) in [6.07, 6.45) is 3.01. The summed E-state index contributed by atoms with van der Waals surface area (Å²) in [4.78, 5) is 13.8. The Labute approximate surface area is 225 Å². The van der Waals surface area contributed by atoms with Gasteiger partial charge in [-0.15, -0.1) is 0 Å². The first-order valence-corrected chi connectivity index (χ1v) is 13.4. The van der Waals surface area contributed by atoms with Gasteiger partial charge in [0.25, 0.3) is 0 Å². The third-order valence-electron chi connectivity index (χ3n) is 5.80. The third-order valence-corrected chi connectivity index (χ3v) is 7.23. The summed E-state index contributed by atoms with van der Waals surface area (Å²) in [5.41, 5.74) is 6.81. The van der Waals surface area contributed by atoms with Gasteiger partial charge in [-0.3, -0.25) is 5.43 Å². The molecule has 0 fully saturated rings. The number of benzene rings is 3. The highest BCUT2D eigenvalue weighted by Crippen LogP contribution is 2.33. The van der Waals surface area contributed by atoms with Gasteiger partial charge in [-0.25, -0.2) is 22.8 Å². The highest BCUT2D eigenvalue weighted by atomic mass is 32.2. The number of hydrogen-bond acceptors (Lipinski definition) is 9. The Balaban J connectivity index is 1.58. The van der Waals surface area contributed by atoms with Gasteiger partial charge >= 0.3 is 0 Å². The van der Waals surface area contributed by atoms with Gasteiger partial charge in [0.05, 0.1) is 16.2 Å². The molecule has 2 heterocycles. The van der Waals surface area contributed by atoms with Crippen molar-refractivity contribution in [3.63, 3.8) is 0 Å². The molecule has 3 aromatic carbocycles. The fourth-order valence-electron chi connectivity index (χ4n) is 3.78. The van der Waals surface area contributed by atoms with Gasteiger partial charge < -0.3 is 5.32 Å². The minimum absolute atomic E-state index is 0.172. The van der Waals surface area contributed by atoms with Gasteiger partial charge in [0, 0.05) is 5.69 Å². The number of nitrogens with zero attached hydrogens (tertiary/aromatic N) is 6. The SMILES string of the molecule is CNS(=O)(=O)c1ccc(C(C)=NNc2nc(Nc3ccccc3)nc(-n3cncn3)c2-c2ccccc2)cc1. The van der Waals surface area contributed by atoms with Crippen LogP contribution in [0, 0.1) is 0 Å². The lowest BCUT2D eigenvalue weighted by molar-refractivity contribution is 0.588. The van der Waals surface area contributed by atoms with Crippen LogP contribution in [-0.4, -0.2) is 45.9 Å². The number of rotatable bonds is 9. The van der Waals surface area contributed by atoms with Gasteiger partial charge in [0.15, 0.2) is 11.6 Å². The Morgan fingerprint density at radius 3 is 2.23 bits per heavy atom. The van der Waals surface area contributed by atoms with Crippen LogP contribution in [0.15, 0.2) is 108 Å². The van der Waals surface area contributed by atoms with Crippen LogP contribution in [0.1, 0.15) is 12.5 Å². The van der Waals surface area contributed by atoms with E-state index in [1.54, 1.807) is 23.1 Å². The summed E-state index contributed by atoms with van der Waals surface area (Å²) in [6.45, 7) is 1.82. The van der Waals surface area contributed by atoms with E-state index in [-0.39, 0.29) is 4.90 Å². The maximum Gasteiger partial charge on any atom is 0.240 e. The second-order valence-corrected chi connectivity index (χ2v) is 10.2. The first-order chi connectivity index (χ1) is 18.9. The van der Waals surface area contributed by atoms with E-state index in [4.69, 9.17) is 9.97 Å². The Bertz CT molecular complexity index is 1690. The first-order valence-electron chi connectivity index (χ1n) is 11.9. The van der Waals surface area contributed by atoms with E-state index < -0.39 is 10.0 Å². The summed E-state index contributed by atoms with van der Waals surface area (Å²) in [5, 5.41) is 12.1. The molecule has 196 valence electrons. The summed E-state index contributed by atoms with van der Waals surface area (Å²) in [7, 11) is -2.16. The van der Waals surface area contributed by atoms with Crippen molar-refractivity contribution in [1.82, 2.24) is 29.5 Å². The summed E-state index contributed by atoms with van der Waals surface area (Å²) in [5.74, 6) is 1.28. The number of sulfonamides is 1. The second-order valence-electron chi connectivity index (χ2n) is 8.33. The van der Waals surface area contributed by atoms with Crippen LogP contribution >= 0.6 is 0 Å². The standard InChI is InChI=1S/C27H25N9O2S/c1-19(20-13-15-23(16-14-20)39(37,38)28-2)34-35-25-24(21-9-5-3-6-10-21)26(36-18-29-17-30-36)33-27(32-25)31-22-11-7-4-8-12-22/h3-18,28H,1-2H3,(H2,31,32,33,35). The Morgan fingerprint density at radius 2 is 1.59 bits per heavy atom. The molecule has 0 saturated heterocycles. The lowest BCUT2D eigenvalue weighted by Crippen LogP contribution is -2.18. The Hall–Kier alpha value is -4.94. The molecule has 0 aliphatic heterocycles. The van der Waals surface area contributed by atoms with Gasteiger partial charge in [-0.1, -0.05) is 60.7 Å². The molecule has 12 heteroatoms. The molecule has 2 aromatic heterocycles. The maximum atomic E-state index is 12.1. The van der Waals surface area contributed by atoms with Gasteiger partial charge in [-0.2, -0.15) is 20.2 Å².